The van der Waals surface area contributed by atoms with Gasteiger partial charge in [0.2, 0.25) is 0 Å². The van der Waals surface area contributed by atoms with Crippen molar-refractivity contribution in [1.82, 2.24) is 0 Å². The molecule has 3 unspecified atom stereocenters. The van der Waals surface area contributed by atoms with Crippen molar-refractivity contribution >= 4 is 11.9 Å². The van der Waals surface area contributed by atoms with Gasteiger partial charge < -0.3 is 14.9 Å². The van der Waals surface area contributed by atoms with E-state index >= 15 is 0 Å². The third-order valence-electron chi connectivity index (χ3n) is 3.81. The van der Waals surface area contributed by atoms with Crippen LogP contribution in [0.1, 0.15) is 64.7 Å². The lowest BCUT2D eigenvalue weighted by Gasteiger charge is -2.12. The molecule has 0 aromatic carbocycles. The van der Waals surface area contributed by atoms with Gasteiger partial charge >= 0.3 is 11.9 Å². The molecule has 1 rings (SSSR count). The molecule has 1 saturated heterocycles. The first-order chi connectivity index (χ1) is 9.52. The molecular weight excluding hydrogens is 260 g/mol. The third kappa shape index (κ3) is 7.48. The smallest absolute Gasteiger partial charge is 0.303 e. The van der Waals surface area contributed by atoms with Gasteiger partial charge in [-0.2, -0.15) is 0 Å². The van der Waals surface area contributed by atoms with E-state index in [4.69, 9.17) is 14.9 Å². The summed E-state index contributed by atoms with van der Waals surface area (Å²) in [7, 11) is 0. The van der Waals surface area contributed by atoms with Gasteiger partial charge in [-0.15, -0.1) is 0 Å². The van der Waals surface area contributed by atoms with Crippen LogP contribution < -0.4 is 0 Å². The highest BCUT2D eigenvalue weighted by Crippen LogP contribution is 2.34. The zero-order valence-electron chi connectivity index (χ0n) is 12.2. The van der Waals surface area contributed by atoms with Gasteiger partial charge in [-0.25, -0.2) is 0 Å². The van der Waals surface area contributed by atoms with Crippen molar-refractivity contribution in [3.63, 3.8) is 0 Å². The van der Waals surface area contributed by atoms with Crippen LogP contribution in [-0.4, -0.2) is 34.4 Å². The average Bonchev–Trinajstić information content (AvgIpc) is 3.06. The lowest BCUT2D eigenvalue weighted by Crippen LogP contribution is -2.12. The Labute approximate surface area is 120 Å². The molecule has 0 aliphatic carbocycles. The molecule has 1 aliphatic heterocycles. The fourth-order valence-corrected chi connectivity index (χ4v) is 2.66. The van der Waals surface area contributed by atoms with E-state index in [1.165, 1.54) is 19.3 Å². The summed E-state index contributed by atoms with van der Waals surface area (Å²) in [5.41, 5.74) is 0. The molecule has 0 aromatic heterocycles. The van der Waals surface area contributed by atoms with Gasteiger partial charge in [-0.05, 0) is 31.6 Å². The number of epoxide rings is 1. The lowest BCUT2D eigenvalue weighted by molar-refractivity contribution is -0.138. The zero-order valence-corrected chi connectivity index (χ0v) is 12.2. The number of unbranched alkanes of at least 4 members (excludes halogenated alkanes) is 2. The van der Waals surface area contributed by atoms with Crippen LogP contribution in [0.15, 0.2) is 0 Å². The van der Waals surface area contributed by atoms with Gasteiger partial charge in [0.25, 0.3) is 0 Å². The maximum atomic E-state index is 10.8. The largest absolute Gasteiger partial charge is 0.481 e. The summed E-state index contributed by atoms with van der Waals surface area (Å²) in [4.78, 5) is 21.3. The summed E-state index contributed by atoms with van der Waals surface area (Å²) in [6, 6.07) is 0. The standard InChI is InChI=1S/C15H26O5/c1-2-3-4-7-12-13(20-12)9-11(10-15(18)19)6-5-8-14(16)17/h11-13H,2-10H2,1H3,(H,16,17)(H,18,19). The van der Waals surface area contributed by atoms with Crippen molar-refractivity contribution in [3.8, 4) is 0 Å². The number of hydrogen-bond donors (Lipinski definition) is 2. The second kappa shape index (κ2) is 8.95. The fourth-order valence-electron chi connectivity index (χ4n) is 2.66. The van der Waals surface area contributed by atoms with Crippen molar-refractivity contribution in [1.29, 1.82) is 0 Å². The minimum absolute atomic E-state index is 0.0352. The van der Waals surface area contributed by atoms with E-state index in [9.17, 15) is 9.59 Å². The number of aliphatic carboxylic acids is 2. The number of rotatable bonds is 12. The number of hydrogen-bond acceptors (Lipinski definition) is 3. The summed E-state index contributed by atoms with van der Waals surface area (Å²) in [5.74, 6) is -1.60. The highest BCUT2D eigenvalue weighted by atomic mass is 16.6. The van der Waals surface area contributed by atoms with E-state index < -0.39 is 11.9 Å². The number of carbonyl (C=O) groups is 2. The molecule has 3 atom stereocenters. The van der Waals surface area contributed by atoms with Crippen LogP contribution in [-0.2, 0) is 14.3 Å². The van der Waals surface area contributed by atoms with Crippen molar-refractivity contribution in [2.24, 2.45) is 5.92 Å². The van der Waals surface area contributed by atoms with Crippen molar-refractivity contribution in [2.45, 2.75) is 76.9 Å². The van der Waals surface area contributed by atoms with E-state index in [0.717, 1.165) is 12.8 Å². The van der Waals surface area contributed by atoms with Crippen LogP contribution in [0.3, 0.4) is 0 Å². The highest BCUT2D eigenvalue weighted by Gasteiger charge is 2.39. The molecular formula is C15H26O5. The van der Waals surface area contributed by atoms with Crippen molar-refractivity contribution in [3.05, 3.63) is 0 Å². The molecule has 1 aliphatic rings. The molecule has 2 N–H and O–H groups in total. The summed E-state index contributed by atoms with van der Waals surface area (Å²) in [6.45, 7) is 2.16. The van der Waals surface area contributed by atoms with E-state index in [1.807, 2.05) is 0 Å². The number of carboxylic acids is 2. The first-order valence-electron chi connectivity index (χ1n) is 7.62. The highest BCUT2D eigenvalue weighted by molar-refractivity contribution is 5.67. The molecule has 0 radical (unpaired) electrons. The topological polar surface area (TPSA) is 87.1 Å². The zero-order chi connectivity index (χ0) is 15.0. The van der Waals surface area contributed by atoms with Gasteiger partial charge in [0.05, 0.1) is 12.2 Å². The minimum Gasteiger partial charge on any atom is -0.481 e. The second-order valence-corrected chi connectivity index (χ2v) is 5.69. The van der Waals surface area contributed by atoms with Crippen LogP contribution in [0, 0.1) is 5.92 Å². The predicted molar refractivity (Wildman–Crippen MR) is 74.6 cm³/mol. The Hall–Kier alpha value is -1.10. The molecule has 116 valence electrons. The molecule has 0 saturated carbocycles. The molecule has 20 heavy (non-hydrogen) atoms. The molecule has 5 heteroatoms. The van der Waals surface area contributed by atoms with E-state index in [0.29, 0.717) is 18.9 Å². The van der Waals surface area contributed by atoms with Gasteiger partial charge in [0.1, 0.15) is 0 Å². The van der Waals surface area contributed by atoms with Gasteiger partial charge in [0, 0.05) is 12.8 Å². The van der Waals surface area contributed by atoms with Gasteiger partial charge in [-0.1, -0.05) is 26.2 Å². The first-order valence-corrected chi connectivity index (χ1v) is 7.62. The van der Waals surface area contributed by atoms with Gasteiger partial charge in [0.15, 0.2) is 0 Å². The Balaban J connectivity index is 2.23. The third-order valence-corrected chi connectivity index (χ3v) is 3.81. The molecule has 1 heterocycles. The summed E-state index contributed by atoms with van der Waals surface area (Å²) >= 11 is 0. The minimum atomic E-state index is -0.820. The van der Waals surface area contributed by atoms with Crippen LogP contribution in [0.2, 0.25) is 0 Å². The molecule has 1 fully saturated rings. The maximum absolute atomic E-state index is 10.8. The van der Waals surface area contributed by atoms with E-state index in [2.05, 4.69) is 6.92 Å². The summed E-state index contributed by atoms with van der Waals surface area (Å²) in [6.07, 6.45) is 7.30. The summed E-state index contributed by atoms with van der Waals surface area (Å²) in [5, 5.41) is 17.5. The number of carboxylic acid groups (broad SMARTS) is 2. The molecule has 0 bridgehead atoms. The van der Waals surface area contributed by atoms with Crippen molar-refractivity contribution < 1.29 is 24.5 Å². The fraction of sp³-hybridized carbons (Fsp3) is 0.867. The Morgan fingerprint density at radius 2 is 1.85 bits per heavy atom. The quantitative estimate of drug-likeness (QED) is 0.425. The van der Waals surface area contributed by atoms with E-state index in [1.54, 1.807) is 0 Å². The lowest BCUT2D eigenvalue weighted by atomic mass is 9.92. The van der Waals surface area contributed by atoms with Crippen LogP contribution in [0.5, 0.6) is 0 Å². The van der Waals surface area contributed by atoms with Crippen LogP contribution in [0.4, 0.5) is 0 Å². The van der Waals surface area contributed by atoms with E-state index in [-0.39, 0.29) is 24.9 Å². The molecule has 5 nitrogen and oxygen atoms in total. The molecule has 0 amide bonds. The van der Waals surface area contributed by atoms with Crippen LogP contribution in [0.25, 0.3) is 0 Å². The maximum Gasteiger partial charge on any atom is 0.303 e. The van der Waals surface area contributed by atoms with Gasteiger partial charge in [-0.3, -0.25) is 9.59 Å². The SMILES string of the molecule is CCCCCC1OC1CC(CCCC(=O)O)CC(=O)O. The van der Waals surface area contributed by atoms with Crippen LogP contribution >= 0.6 is 0 Å². The Morgan fingerprint density at radius 1 is 1.10 bits per heavy atom. The monoisotopic (exact) mass is 286 g/mol. The Morgan fingerprint density at radius 3 is 2.45 bits per heavy atom. The Bertz CT molecular complexity index is 315. The molecule has 0 aromatic rings. The predicted octanol–water partition coefficient (Wildman–Crippen LogP) is 3.07. The average molecular weight is 286 g/mol. The second-order valence-electron chi connectivity index (χ2n) is 5.69. The van der Waals surface area contributed by atoms with Crippen molar-refractivity contribution in [2.75, 3.05) is 0 Å². The normalized spacial score (nSPS) is 22.4. The first kappa shape index (κ1) is 17.0. The molecule has 0 spiro atoms. The number of ether oxygens (including phenoxy) is 1. The Kier molecular flexibility index (Phi) is 7.59. The summed E-state index contributed by atoms with van der Waals surface area (Å²) < 4.78 is 5.59.